The van der Waals surface area contributed by atoms with Crippen molar-refractivity contribution in [2.24, 2.45) is 29.1 Å². The Morgan fingerprint density at radius 1 is 0.421 bits per heavy atom. The monoisotopic (exact) mass is 733 g/mol. The third kappa shape index (κ3) is 4.15. The first-order valence-electron chi connectivity index (χ1n) is 21.5. The van der Waals surface area contributed by atoms with Crippen LogP contribution >= 0.6 is 0 Å². The second-order valence-electron chi connectivity index (χ2n) is 19.0. The molecule has 4 saturated carbocycles. The molecule has 7 aromatic rings. The van der Waals surface area contributed by atoms with Crippen molar-refractivity contribution in [1.29, 1.82) is 0 Å². The van der Waals surface area contributed by atoms with E-state index in [0.717, 1.165) is 35.0 Å². The standard InChI is InChI=1S/C56H47N/c1-54(2)49-14-8-6-12-45(49)47-26-25-44(32-52(47)54)57(42-21-16-37(17-22-42)36-10-4-3-5-11-36)43-23-18-38(19-24-43)39-20-27-51-48(30-39)46-13-7-9-15-50(46)56(51)41-29-35-28-40-31-53(56)55(40,33-35)34-41/h3-27,30,32,35,40-41,53H,28-29,31,33-34H2,1-2H3. The fraction of sp³-hybridized carbons (Fsp3) is 0.250. The average molecular weight is 734 g/mol. The maximum atomic E-state index is 2.57. The molecule has 6 aliphatic carbocycles. The van der Waals surface area contributed by atoms with Gasteiger partial charge in [0.1, 0.15) is 0 Å². The highest BCUT2D eigenvalue weighted by atomic mass is 15.1. The molecule has 6 unspecified atom stereocenters. The van der Waals surface area contributed by atoms with E-state index in [9.17, 15) is 0 Å². The molecule has 276 valence electrons. The van der Waals surface area contributed by atoms with Crippen LogP contribution in [0.15, 0.2) is 164 Å². The van der Waals surface area contributed by atoms with E-state index in [4.69, 9.17) is 0 Å². The minimum atomic E-state index is -0.0732. The Labute approximate surface area is 337 Å². The summed E-state index contributed by atoms with van der Waals surface area (Å²) in [7, 11) is 0. The van der Waals surface area contributed by atoms with Crippen LogP contribution in [0.3, 0.4) is 0 Å². The molecule has 13 rings (SSSR count). The predicted octanol–water partition coefficient (Wildman–Crippen LogP) is 14.5. The molecule has 4 fully saturated rings. The smallest absolute Gasteiger partial charge is 0.0465 e. The number of anilines is 3. The van der Waals surface area contributed by atoms with Crippen molar-refractivity contribution in [3.05, 3.63) is 186 Å². The van der Waals surface area contributed by atoms with E-state index in [0.29, 0.717) is 5.41 Å². The van der Waals surface area contributed by atoms with E-state index in [1.807, 2.05) is 0 Å². The van der Waals surface area contributed by atoms with E-state index in [1.54, 1.807) is 11.1 Å². The van der Waals surface area contributed by atoms with Crippen molar-refractivity contribution in [2.75, 3.05) is 4.90 Å². The van der Waals surface area contributed by atoms with Gasteiger partial charge in [-0.1, -0.05) is 135 Å². The molecule has 0 aromatic heterocycles. The van der Waals surface area contributed by atoms with Gasteiger partial charge in [-0.25, -0.2) is 0 Å². The summed E-state index contributed by atoms with van der Waals surface area (Å²) in [5.41, 5.74) is 21.1. The highest BCUT2D eigenvalue weighted by Crippen LogP contribution is 2.83. The van der Waals surface area contributed by atoms with Crippen LogP contribution in [0, 0.1) is 29.1 Å². The minimum Gasteiger partial charge on any atom is -0.310 e. The van der Waals surface area contributed by atoms with Gasteiger partial charge in [0, 0.05) is 27.9 Å². The molecule has 2 spiro atoms. The molecular weight excluding hydrogens is 687 g/mol. The molecule has 7 aromatic carbocycles. The van der Waals surface area contributed by atoms with E-state index in [-0.39, 0.29) is 10.8 Å². The number of rotatable bonds is 5. The van der Waals surface area contributed by atoms with Gasteiger partial charge in [0.25, 0.3) is 0 Å². The Kier molecular flexibility index (Phi) is 6.40. The van der Waals surface area contributed by atoms with Crippen LogP contribution < -0.4 is 4.90 Å². The fourth-order valence-corrected chi connectivity index (χ4v) is 14.2. The largest absolute Gasteiger partial charge is 0.310 e. The summed E-state index contributed by atoms with van der Waals surface area (Å²) in [6, 6.07) is 62.3. The van der Waals surface area contributed by atoms with Gasteiger partial charge in [-0.3, -0.25) is 0 Å². The first-order valence-corrected chi connectivity index (χ1v) is 21.5. The van der Waals surface area contributed by atoms with Gasteiger partial charge in [0.15, 0.2) is 0 Å². The number of nitrogens with zero attached hydrogens (tertiary/aromatic N) is 1. The van der Waals surface area contributed by atoms with Crippen molar-refractivity contribution in [1.82, 2.24) is 0 Å². The van der Waals surface area contributed by atoms with Crippen molar-refractivity contribution in [3.8, 4) is 44.5 Å². The summed E-state index contributed by atoms with van der Waals surface area (Å²) in [6.45, 7) is 4.75. The molecule has 0 amide bonds. The summed E-state index contributed by atoms with van der Waals surface area (Å²) in [6.07, 6.45) is 7.38. The van der Waals surface area contributed by atoms with Crippen LogP contribution in [0.2, 0.25) is 0 Å². The predicted molar refractivity (Wildman–Crippen MR) is 235 cm³/mol. The van der Waals surface area contributed by atoms with Crippen LogP contribution in [-0.2, 0) is 10.8 Å². The van der Waals surface area contributed by atoms with Gasteiger partial charge in [-0.05, 0) is 170 Å². The maximum Gasteiger partial charge on any atom is 0.0465 e. The van der Waals surface area contributed by atoms with Crippen LogP contribution in [0.1, 0.15) is 68.2 Å². The summed E-state index contributed by atoms with van der Waals surface area (Å²) in [5, 5.41) is 0. The molecule has 1 nitrogen and oxygen atoms in total. The molecule has 3 bridgehead atoms. The molecule has 0 heterocycles. The molecular formula is C56H47N. The number of hydrogen-bond acceptors (Lipinski definition) is 1. The Morgan fingerprint density at radius 3 is 1.74 bits per heavy atom. The summed E-state index contributed by atoms with van der Waals surface area (Å²) < 4.78 is 0. The second kappa shape index (κ2) is 11.3. The SMILES string of the molecule is CC1(C)c2ccccc2-c2ccc(N(c3ccc(-c4ccccc4)cc3)c3ccc(-c4ccc5c(c4)-c4ccccc4C54C5CC6CC7CC4C7(C6)C5)cc3)cc21. The molecule has 0 saturated heterocycles. The van der Waals surface area contributed by atoms with Crippen molar-refractivity contribution in [3.63, 3.8) is 0 Å². The number of benzene rings is 7. The summed E-state index contributed by atoms with van der Waals surface area (Å²) in [5.74, 6) is 3.58. The van der Waals surface area contributed by atoms with Gasteiger partial charge in [0.05, 0.1) is 0 Å². The van der Waals surface area contributed by atoms with Crippen molar-refractivity contribution < 1.29 is 0 Å². The fourth-order valence-electron chi connectivity index (χ4n) is 14.2. The highest BCUT2D eigenvalue weighted by Gasteiger charge is 2.76. The molecule has 6 aliphatic rings. The first-order chi connectivity index (χ1) is 27.9. The molecule has 0 radical (unpaired) electrons. The lowest BCUT2D eigenvalue weighted by Crippen LogP contribution is -2.50. The Balaban J connectivity index is 0.899. The third-order valence-corrected chi connectivity index (χ3v) is 16.4. The topological polar surface area (TPSA) is 3.24 Å². The zero-order valence-corrected chi connectivity index (χ0v) is 32.9. The first kappa shape index (κ1) is 32.4. The zero-order chi connectivity index (χ0) is 37.7. The maximum absolute atomic E-state index is 2.57. The number of hydrogen-bond donors (Lipinski definition) is 0. The van der Waals surface area contributed by atoms with Crippen LogP contribution in [0.25, 0.3) is 44.5 Å². The molecule has 57 heavy (non-hydrogen) atoms. The van der Waals surface area contributed by atoms with Crippen molar-refractivity contribution >= 4 is 17.1 Å². The van der Waals surface area contributed by atoms with Gasteiger partial charge in [-0.15, -0.1) is 0 Å². The Hall–Kier alpha value is -5.66. The second-order valence-corrected chi connectivity index (χ2v) is 19.0. The summed E-state index contributed by atoms with van der Waals surface area (Å²) in [4.78, 5) is 2.44. The van der Waals surface area contributed by atoms with Gasteiger partial charge >= 0.3 is 0 Å². The molecule has 0 aliphatic heterocycles. The van der Waals surface area contributed by atoms with Crippen LogP contribution in [-0.4, -0.2) is 0 Å². The normalized spacial score (nSPS) is 27.1. The average Bonchev–Trinajstić information content (AvgIpc) is 3.80. The van der Waals surface area contributed by atoms with E-state index < -0.39 is 0 Å². The van der Waals surface area contributed by atoms with Crippen LogP contribution in [0.5, 0.6) is 0 Å². The highest BCUT2D eigenvalue weighted by molar-refractivity contribution is 5.88. The summed E-state index contributed by atoms with van der Waals surface area (Å²) >= 11 is 0. The lowest BCUT2D eigenvalue weighted by Gasteiger charge is -2.54. The Morgan fingerprint density at radius 2 is 0.982 bits per heavy atom. The van der Waals surface area contributed by atoms with Gasteiger partial charge in [0.2, 0.25) is 0 Å². The van der Waals surface area contributed by atoms with E-state index in [1.165, 1.54) is 93.4 Å². The molecule has 1 heteroatoms. The number of fused-ring (bicyclic) bond motifs is 12. The van der Waals surface area contributed by atoms with E-state index in [2.05, 4.69) is 183 Å². The minimum absolute atomic E-state index is 0.0732. The zero-order valence-electron chi connectivity index (χ0n) is 32.9. The van der Waals surface area contributed by atoms with Gasteiger partial charge < -0.3 is 4.90 Å². The van der Waals surface area contributed by atoms with E-state index >= 15 is 0 Å². The Bertz CT molecular complexity index is 2780. The van der Waals surface area contributed by atoms with Gasteiger partial charge in [-0.2, -0.15) is 0 Å². The third-order valence-electron chi connectivity index (χ3n) is 16.4. The lowest BCUT2D eigenvalue weighted by atomic mass is 9.49. The lowest BCUT2D eigenvalue weighted by molar-refractivity contribution is -0.0193. The molecule has 0 N–H and O–H groups in total. The van der Waals surface area contributed by atoms with Crippen molar-refractivity contribution in [2.45, 2.75) is 56.8 Å². The van der Waals surface area contributed by atoms with Crippen LogP contribution in [0.4, 0.5) is 17.1 Å². The molecule has 6 atom stereocenters. The quantitative estimate of drug-likeness (QED) is 0.170.